The van der Waals surface area contributed by atoms with Crippen molar-refractivity contribution < 1.29 is 9.26 Å². The molecule has 0 saturated carbocycles. The van der Waals surface area contributed by atoms with Gasteiger partial charge in [-0.2, -0.15) is 4.98 Å². The first-order valence-corrected chi connectivity index (χ1v) is 4.41. The summed E-state index contributed by atoms with van der Waals surface area (Å²) in [4.78, 5) is 4.21. The van der Waals surface area contributed by atoms with Crippen molar-refractivity contribution in [2.24, 2.45) is 5.73 Å². The van der Waals surface area contributed by atoms with Crippen LogP contribution in [0.5, 0.6) is 0 Å². The van der Waals surface area contributed by atoms with Gasteiger partial charge in [0.2, 0.25) is 5.89 Å². The molecule has 0 aromatic carbocycles. The van der Waals surface area contributed by atoms with Crippen molar-refractivity contribution in [1.82, 2.24) is 10.1 Å². The molecule has 0 amide bonds. The van der Waals surface area contributed by atoms with Crippen LogP contribution in [0.15, 0.2) is 4.52 Å². The van der Waals surface area contributed by atoms with Gasteiger partial charge >= 0.3 is 0 Å². The average Bonchev–Trinajstić information content (AvgIpc) is 2.52. The number of aromatic nitrogens is 2. The van der Waals surface area contributed by atoms with Crippen LogP contribution in [0.1, 0.15) is 25.1 Å². The third kappa shape index (κ3) is 1.24. The largest absolute Gasteiger partial charge is 0.379 e. The van der Waals surface area contributed by atoms with Gasteiger partial charge in [-0.1, -0.05) is 12.1 Å². The minimum absolute atomic E-state index is 0.0413. The zero-order valence-corrected chi connectivity index (χ0v) is 7.62. The molecule has 1 fully saturated rings. The van der Waals surface area contributed by atoms with Crippen molar-refractivity contribution in [2.75, 3.05) is 13.2 Å². The van der Waals surface area contributed by atoms with Crippen LogP contribution < -0.4 is 5.73 Å². The summed E-state index contributed by atoms with van der Waals surface area (Å²) in [6, 6.07) is 0. The van der Waals surface area contributed by atoms with E-state index in [0.29, 0.717) is 31.5 Å². The molecule has 13 heavy (non-hydrogen) atoms. The summed E-state index contributed by atoms with van der Waals surface area (Å²) < 4.78 is 10.3. The molecule has 2 N–H and O–H groups in total. The summed E-state index contributed by atoms with van der Waals surface area (Å²) in [6.07, 6.45) is 0.958. The van der Waals surface area contributed by atoms with E-state index in [9.17, 15) is 0 Å². The number of nitrogens with two attached hydrogens (primary N) is 1. The third-order valence-electron chi connectivity index (χ3n) is 2.54. The smallest absolute Gasteiger partial charge is 0.237 e. The summed E-state index contributed by atoms with van der Waals surface area (Å²) >= 11 is 0. The van der Waals surface area contributed by atoms with E-state index < -0.39 is 0 Å². The molecular weight excluding hydrogens is 170 g/mol. The first kappa shape index (κ1) is 8.65. The van der Waals surface area contributed by atoms with Crippen molar-refractivity contribution in [2.45, 2.75) is 25.3 Å². The molecule has 1 aliphatic heterocycles. The molecule has 0 spiro atoms. The van der Waals surface area contributed by atoms with Crippen LogP contribution in [0.25, 0.3) is 0 Å². The van der Waals surface area contributed by atoms with E-state index in [1.54, 1.807) is 0 Å². The molecule has 5 nitrogen and oxygen atoms in total. The Morgan fingerprint density at radius 1 is 1.54 bits per heavy atom. The molecule has 2 heterocycles. The fourth-order valence-electron chi connectivity index (χ4n) is 1.38. The first-order valence-electron chi connectivity index (χ1n) is 4.41. The van der Waals surface area contributed by atoms with E-state index in [4.69, 9.17) is 15.0 Å². The van der Waals surface area contributed by atoms with Gasteiger partial charge in [0, 0.05) is 0 Å². The highest BCUT2D eigenvalue weighted by atomic mass is 16.5. The maximum Gasteiger partial charge on any atom is 0.237 e. The molecule has 5 heteroatoms. The predicted octanol–water partition coefficient (Wildman–Crippen LogP) is 0.206. The van der Waals surface area contributed by atoms with Crippen LogP contribution in [0.2, 0.25) is 0 Å². The number of rotatable bonds is 3. The van der Waals surface area contributed by atoms with Crippen molar-refractivity contribution in [1.29, 1.82) is 0 Å². The van der Waals surface area contributed by atoms with Gasteiger partial charge in [0.25, 0.3) is 0 Å². The van der Waals surface area contributed by atoms with Crippen molar-refractivity contribution in [3.05, 3.63) is 11.7 Å². The number of hydrogen-bond donors (Lipinski definition) is 1. The van der Waals surface area contributed by atoms with Gasteiger partial charge in [-0.05, 0) is 6.42 Å². The van der Waals surface area contributed by atoms with Crippen LogP contribution >= 0.6 is 0 Å². The first-order chi connectivity index (χ1) is 6.30. The van der Waals surface area contributed by atoms with Gasteiger partial charge < -0.3 is 15.0 Å². The Balaban J connectivity index is 2.23. The number of nitrogens with zero attached hydrogens (tertiary/aromatic N) is 2. The Labute approximate surface area is 76.3 Å². The van der Waals surface area contributed by atoms with E-state index in [2.05, 4.69) is 17.1 Å². The predicted molar refractivity (Wildman–Crippen MR) is 45.0 cm³/mol. The molecule has 1 aromatic rings. The lowest BCUT2D eigenvalue weighted by molar-refractivity contribution is -0.0765. The maximum atomic E-state index is 5.39. The Kier molecular flexibility index (Phi) is 2.05. The van der Waals surface area contributed by atoms with Crippen molar-refractivity contribution in [3.63, 3.8) is 0 Å². The highest BCUT2D eigenvalue weighted by Crippen LogP contribution is 2.34. The monoisotopic (exact) mass is 183 g/mol. The Morgan fingerprint density at radius 3 is 2.69 bits per heavy atom. The van der Waals surface area contributed by atoms with Gasteiger partial charge in [0.05, 0.1) is 25.2 Å². The van der Waals surface area contributed by atoms with Crippen LogP contribution in [0.4, 0.5) is 0 Å². The second-order valence-corrected chi connectivity index (χ2v) is 3.35. The lowest BCUT2D eigenvalue weighted by Crippen LogP contribution is -2.46. The van der Waals surface area contributed by atoms with Crippen molar-refractivity contribution >= 4 is 0 Å². The molecule has 0 aliphatic carbocycles. The zero-order chi connectivity index (χ0) is 9.31. The van der Waals surface area contributed by atoms with Gasteiger partial charge in [-0.15, -0.1) is 0 Å². The molecule has 0 radical (unpaired) electrons. The quantitative estimate of drug-likeness (QED) is 0.724. The standard InChI is InChI=1S/C8H13N3O2/c1-2-8(4-12-5-8)7-10-6(3-9)11-13-7/h2-5,9H2,1H3. The lowest BCUT2D eigenvalue weighted by Gasteiger charge is -2.36. The highest BCUT2D eigenvalue weighted by molar-refractivity contribution is 5.09. The van der Waals surface area contributed by atoms with E-state index in [1.165, 1.54) is 0 Å². The van der Waals surface area contributed by atoms with Gasteiger partial charge in [0.15, 0.2) is 5.82 Å². The van der Waals surface area contributed by atoms with Gasteiger partial charge in [-0.25, -0.2) is 0 Å². The minimum Gasteiger partial charge on any atom is -0.379 e. The minimum atomic E-state index is -0.0413. The lowest BCUT2D eigenvalue weighted by atomic mass is 9.83. The summed E-state index contributed by atoms with van der Waals surface area (Å²) in [5.74, 6) is 1.23. The maximum absolute atomic E-state index is 5.39. The summed E-state index contributed by atoms with van der Waals surface area (Å²) in [6.45, 7) is 3.77. The van der Waals surface area contributed by atoms with Crippen LogP contribution in [0.3, 0.4) is 0 Å². The topological polar surface area (TPSA) is 74.2 Å². The summed E-state index contributed by atoms with van der Waals surface area (Å²) in [7, 11) is 0. The third-order valence-corrected chi connectivity index (χ3v) is 2.54. The Morgan fingerprint density at radius 2 is 2.31 bits per heavy atom. The summed E-state index contributed by atoms with van der Waals surface area (Å²) in [5.41, 5.74) is 5.35. The fraction of sp³-hybridized carbons (Fsp3) is 0.750. The second kappa shape index (κ2) is 3.08. The highest BCUT2D eigenvalue weighted by Gasteiger charge is 2.43. The van der Waals surface area contributed by atoms with Crippen LogP contribution in [-0.4, -0.2) is 23.4 Å². The molecule has 1 aromatic heterocycles. The molecule has 0 atom stereocenters. The van der Waals surface area contributed by atoms with E-state index in [0.717, 1.165) is 6.42 Å². The SMILES string of the molecule is CCC1(c2nc(CN)no2)COC1. The zero-order valence-electron chi connectivity index (χ0n) is 7.62. The molecule has 1 aliphatic rings. The molecule has 2 rings (SSSR count). The van der Waals surface area contributed by atoms with E-state index >= 15 is 0 Å². The summed E-state index contributed by atoms with van der Waals surface area (Å²) in [5, 5.41) is 3.76. The molecule has 72 valence electrons. The Bertz CT molecular complexity index is 288. The van der Waals surface area contributed by atoms with E-state index in [1.807, 2.05) is 0 Å². The fourth-order valence-corrected chi connectivity index (χ4v) is 1.38. The van der Waals surface area contributed by atoms with E-state index in [-0.39, 0.29) is 5.41 Å². The second-order valence-electron chi connectivity index (χ2n) is 3.35. The molecule has 0 unspecified atom stereocenters. The van der Waals surface area contributed by atoms with Crippen LogP contribution in [-0.2, 0) is 16.7 Å². The molecule has 1 saturated heterocycles. The average molecular weight is 183 g/mol. The van der Waals surface area contributed by atoms with Gasteiger partial charge in [0.1, 0.15) is 0 Å². The van der Waals surface area contributed by atoms with Crippen LogP contribution in [0, 0.1) is 0 Å². The number of hydrogen-bond acceptors (Lipinski definition) is 5. The van der Waals surface area contributed by atoms with Crippen molar-refractivity contribution in [3.8, 4) is 0 Å². The normalized spacial score (nSPS) is 19.8. The van der Waals surface area contributed by atoms with Gasteiger partial charge in [-0.3, -0.25) is 0 Å². The molecule has 0 bridgehead atoms. The number of ether oxygens (including phenoxy) is 1. The molecular formula is C8H13N3O2. The Hall–Kier alpha value is -0.940.